The molecule has 0 spiro atoms. The Morgan fingerprint density at radius 2 is 0.922 bits per heavy atom. The summed E-state index contributed by atoms with van der Waals surface area (Å²) in [5.41, 5.74) is 4.45. The van der Waals surface area contributed by atoms with Crippen molar-refractivity contribution in [2.75, 3.05) is 0 Å². The molecule has 0 aromatic heterocycles. The van der Waals surface area contributed by atoms with Crippen molar-refractivity contribution in [3.8, 4) is 5.75 Å². The Morgan fingerprint density at radius 3 is 1.29 bits per heavy atom. The molecule has 2 aromatic rings. The highest BCUT2D eigenvalue weighted by Gasteiger charge is 2.48. The summed E-state index contributed by atoms with van der Waals surface area (Å²) < 4.78 is 75.9. The molecule has 6 bridgehead atoms. The third kappa shape index (κ3) is 5.86. The minimum absolute atomic E-state index is 0.0784. The van der Waals surface area contributed by atoms with Gasteiger partial charge in [0, 0.05) is 0 Å². The fourth-order valence-corrected chi connectivity index (χ4v) is 16.3. The van der Waals surface area contributed by atoms with Crippen molar-refractivity contribution in [3.05, 3.63) is 52.1 Å². The largest absolute Gasteiger partial charge is 0.744 e. The van der Waals surface area contributed by atoms with Crippen LogP contribution in [-0.4, -0.2) is 21.4 Å². The molecular formula is C43H55O6S2-. The molecule has 0 amide bonds. The maximum Gasteiger partial charge on any atom is 0.339 e. The normalized spacial score (nSPS) is 36.3. The van der Waals surface area contributed by atoms with Gasteiger partial charge in [0.15, 0.2) is 0 Å². The van der Waals surface area contributed by atoms with E-state index in [0.29, 0.717) is 51.5 Å². The summed E-state index contributed by atoms with van der Waals surface area (Å²) in [5.74, 6) is 4.98. The zero-order chi connectivity index (χ0) is 34.6. The molecule has 2 aromatic carbocycles. The summed E-state index contributed by atoms with van der Waals surface area (Å²) in [6.45, 7) is 0. The zero-order valence-corrected chi connectivity index (χ0v) is 31.7. The molecule has 8 fully saturated rings. The van der Waals surface area contributed by atoms with Gasteiger partial charge in [-0.05, 0) is 189 Å². The van der Waals surface area contributed by atoms with E-state index in [4.69, 9.17) is 4.18 Å². The number of hydrogen-bond donors (Lipinski definition) is 0. The zero-order valence-electron chi connectivity index (χ0n) is 30.1. The molecule has 51 heavy (non-hydrogen) atoms. The third-order valence-corrected chi connectivity index (χ3v) is 18.4. The highest BCUT2D eigenvalue weighted by Crippen LogP contribution is 2.60. The standard InChI is InChI=1S/C43H56O6S2/c44-50(45,46)42-38(28-5-1-2-6-28)23-34(24-39(42)29-7-3-4-8-29)49-51(47,48)43-40(36-19-26-10-13-31(36)16-26)21-33(35-18-25-9-12-30(35)15-25)22-41(43)37-20-27-11-14-32(37)17-27/h21-32,35-37H,1-20H2,(H,44,45,46)/p-1. The lowest BCUT2D eigenvalue weighted by molar-refractivity contribution is 0.392. The van der Waals surface area contributed by atoms with Gasteiger partial charge in [-0.3, -0.25) is 0 Å². The SMILES string of the molecule is O=S(=O)([O-])c1c(C2CCCC2)cc(OS(=O)(=O)c2c(C3CC4CCC3C4)cc(C3CC4CCC3C4)cc2C2CC3CCC2C3)cc1C1CCCC1. The predicted octanol–water partition coefficient (Wildman–Crippen LogP) is 10.4. The van der Waals surface area contributed by atoms with Gasteiger partial charge in [0.25, 0.3) is 0 Å². The van der Waals surface area contributed by atoms with E-state index in [-0.39, 0.29) is 34.3 Å². The van der Waals surface area contributed by atoms with Crippen molar-refractivity contribution in [1.29, 1.82) is 0 Å². The van der Waals surface area contributed by atoms with Crippen LogP contribution in [0.15, 0.2) is 34.1 Å². The van der Waals surface area contributed by atoms with Gasteiger partial charge >= 0.3 is 10.1 Å². The summed E-state index contributed by atoms with van der Waals surface area (Å²) in [6, 6.07) is 7.97. The van der Waals surface area contributed by atoms with Gasteiger partial charge in [-0.2, -0.15) is 8.42 Å². The van der Waals surface area contributed by atoms with Crippen LogP contribution in [-0.2, 0) is 20.2 Å². The third-order valence-electron chi connectivity index (χ3n) is 16.0. The van der Waals surface area contributed by atoms with E-state index in [1.54, 1.807) is 12.1 Å². The Bertz CT molecular complexity index is 1840. The van der Waals surface area contributed by atoms with Crippen LogP contribution in [0.5, 0.6) is 5.75 Å². The average molecular weight is 732 g/mol. The summed E-state index contributed by atoms with van der Waals surface area (Å²) >= 11 is 0. The van der Waals surface area contributed by atoms with Crippen molar-refractivity contribution in [2.24, 2.45) is 35.5 Å². The molecule has 8 heteroatoms. The van der Waals surface area contributed by atoms with Gasteiger partial charge in [-0.25, -0.2) is 8.42 Å². The molecule has 8 aliphatic rings. The fraction of sp³-hybridized carbons (Fsp3) is 0.721. The topological polar surface area (TPSA) is 101 Å². The highest BCUT2D eigenvalue weighted by molar-refractivity contribution is 7.87. The summed E-state index contributed by atoms with van der Waals surface area (Å²) in [6.07, 6.45) is 21.7. The second-order valence-electron chi connectivity index (χ2n) is 18.8. The lowest BCUT2D eigenvalue weighted by Gasteiger charge is -2.32. The monoisotopic (exact) mass is 731 g/mol. The quantitative estimate of drug-likeness (QED) is 0.188. The number of rotatable bonds is 9. The first-order valence-corrected chi connectivity index (χ1v) is 23.7. The molecule has 276 valence electrons. The minimum atomic E-state index is -4.77. The Morgan fingerprint density at radius 1 is 0.490 bits per heavy atom. The van der Waals surface area contributed by atoms with Crippen LogP contribution >= 0.6 is 0 Å². The maximum absolute atomic E-state index is 15.3. The van der Waals surface area contributed by atoms with E-state index < -0.39 is 20.2 Å². The van der Waals surface area contributed by atoms with Gasteiger partial charge < -0.3 is 8.74 Å². The molecule has 0 radical (unpaired) electrons. The average Bonchev–Trinajstić information content (AvgIpc) is 3.95. The molecule has 0 saturated heterocycles. The first-order chi connectivity index (χ1) is 24.6. The highest BCUT2D eigenvalue weighted by atomic mass is 32.2. The summed E-state index contributed by atoms with van der Waals surface area (Å²) in [4.78, 5) is 0.362. The Hall–Kier alpha value is -1.90. The molecule has 0 aliphatic heterocycles. The van der Waals surface area contributed by atoms with Crippen molar-refractivity contribution in [1.82, 2.24) is 0 Å². The van der Waals surface area contributed by atoms with Gasteiger partial charge in [0.05, 0.1) is 4.90 Å². The van der Waals surface area contributed by atoms with Crippen molar-refractivity contribution >= 4 is 20.2 Å². The van der Waals surface area contributed by atoms with Gasteiger partial charge in [0.2, 0.25) is 0 Å². The predicted molar refractivity (Wildman–Crippen MR) is 196 cm³/mol. The Balaban J connectivity index is 1.13. The molecule has 0 N–H and O–H groups in total. The molecule has 8 aliphatic carbocycles. The number of hydrogen-bond acceptors (Lipinski definition) is 6. The fourth-order valence-electron chi connectivity index (χ4n) is 13.9. The molecule has 0 heterocycles. The minimum Gasteiger partial charge on any atom is -0.744 e. The lowest BCUT2D eigenvalue weighted by atomic mass is 9.75. The first kappa shape index (κ1) is 33.7. The molecular weight excluding hydrogens is 677 g/mol. The van der Waals surface area contributed by atoms with E-state index in [1.807, 2.05) is 0 Å². The van der Waals surface area contributed by atoms with Gasteiger partial charge in [0.1, 0.15) is 20.8 Å². The smallest absolute Gasteiger partial charge is 0.339 e. The molecule has 6 nitrogen and oxygen atoms in total. The summed E-state index contributed by atoms with van der Waals surface area (Å²) in [7, 11) is -9.06. The van der Waals surface area contributed by atoms with Gasteiger partial charge in [-0.1, -0.05) is 57.1 Å². The second-order valence-corrected chi connectivity index (χ2v) is 21.6. The number of benzene rings is 2. The van der Waals surface area contributed by atoms with E-state index in [0.717, 1.165) is 81.3 Å². The van der Waals surface area contributed by atoms with E-state index >= 15 is 8.42 Å². The molecule has 10 rings (SSSR count). The first-order valence-electron chi connectivity index (χ1n) is 20.8. The molecule has 9 atom stereocenters. The Labute approximate surface area is 305 Å². The van der Waals surface area contributed by atoms with Crippen molar-refractivity contribution < 1.29 is 25.6 Å². The van der Waals surface area contributed by atoms with Crippen molar-refractivity contribution in [3.63, 3.8) is 0 Å². The maximum atomic E-state index is 15.3. The summed E-state index contributed by atoms with van der Waals surface area (Å²) in [5, 5.41) is 0. The van der Waals surface area contributed by atoms with E-state index in [9.17, 15) is 13.0 Å². The molecule has 9 unspecified atom stereocenters. The van der Waals surface area contributed by atoms with E-state index in [2.05, 4.69) is 12.1 Å². The van der Waals surface area contributed by atoms with Crippen molar-refractivity contribution in [2.45, 2.75) is 168 Å². The second kappa shape index (κ2) is 12.6. The van der Waals surface area contributed by atoms with Gasteiger partial charge in [-0.15, -0.1) is 0 Å². The van der Waals surface area contributed by atoms with E-state index in [1.165, 1.54) is 69.8 Å². The van der Waals surface area contributed by atoms with Crippen LogP contribution in [0, 0.1) is 35.5 Å². The number of fused-ring (bicyclic) bond motifs is 6. The Kier molecular flexibility index (Phi) is 8.30. The van der Waals surface area contributed by atoms with Crippen LogP contribution in [0.4, 0.5) is 0 Å². The van der Waals surface area contributed by atoms with Crippen LogP contribution in [0.3, 0.4) is 0 Å². The van der Waals surface area contributed by atoms with Crippen LogP contribution in [0.1, 0.15) is 186 Å². The lowest BCUT2D eigenvalue weighted by Crippen LogP contribution is -2.23. The van der Waals surface area contributed by atoms with Crippen LogP contribution in [0.2, 0.25) is 0 Å². The van der Waals surface area contributed by atoms with Crippen LogP contribution in [0.25, 0.3) is 0 Å². The molecule has 8 saturated carbocycles. The van der Waals surface area contributed by atoms with Crippen LogP contribution < -0.4 is 4.18 Å².